The van der Waals surface area contributed by atoms with Crippen molar-refractivity contribution in [3.8, 4) is 0 Å². The molecule has 1 aliphatic rings. The maximum atomic E-state index is 12.9. The van der Waals surface area contributed by atoms with Crippen LogP contribution in [0.2, 0.25) is 0 Å². The minimum Gasteiger partial charge on any atom is -0.315 e. The molecule has 0 aliphatic carbocycles. The molecule has 1 atom stereocenters. The normalized spacial score (nSPS) is 17.1. The van der Waals surface area contributed by atoms with Gasteiger partial charge < -0.3 is 10.2 Å². The summed E-state index contributed by atoms with van der Waals surface area (Å²) in [5.41, 5.74) is 4.48. The number of aryl methyl sites for hydroxylation is 1. The van der Waals surface area contributed by atoms with Gasteiger partial charge in [0.1, 0.15) is 0 Å². The fourth-order valence-corrected chi connectivity index (χ4v) is 2.91. The van der Waals surface area contributed by atoms with Crippen molar-refractivity contribution in [2.24, 2.45) is 0 Å². The molecule has 2 aromatic carbocycles. The lowest BCUT2D eigenvalue weighted by molar-refractivity contribution is -0.119. The number of benzene rings is 2. The molecule has 3 rings (SSSR count). The number of carbonyl (C=O) groups is 1. The van der Waals surface area contributed by atoms with Gasteiger partial charge >= 0.3 is 0 Å². The molecule has 1 heterocycles. The van der Waals surface area contributed by atoms with Crippen molar-refractivity contribution in [3.05, 3.63) is 65.2 Å². The third-order valence-corrected chi connectivity index (χ3v) is 4.11. The maximum absolute atomic E-state index is 12.9. The summed E-state index contributed by atoms with van der Waals surface area (Å²) in [7, 11) is 1.86. The Morgan fingerprint density at radius 2 is 2.00 bits per heavy atom. The molecular weight excluding hydrogens is 260 g/mol. The van der Waals surface area contributed by atoms with Gasteiger partial charge in [0.25, 0.3) is 0 Å². The molecule has 0 saturated carbocycles. The number of hydrogen-bond donors (Lipinski definition) is 1. The van der Waals surface area contributed by atoms with Gasteiger partial charge in [-0.1, -0.05) is 36.4 Å². The van der Waals surface area contributed by atoms with Gasteiger partial charge in [0, 0.05) is 25.8 Å². The molecule has 0 fully saturated rings. The van der Waals surface area contributed by atoms with Crippen LogP contribution in [-0.2, 0) is 11.3 Å². The molecule has 2 aromatic rings. The molecule has 21 heavy (non-hydrogen) atoms. The molecule has 0 radical (unpaired) electrons. The van der Waals surface area contributed by atoms with E-state index < -0.39 is 0 Å². The van der Waals surface area contributed by atoms with Gasteiger partial charge in [-0.05, 0) is 35.7 Å². The van der Waals surface area contributed by atoms with E-state index in [-0.39, 0.29) is 11.8 Å². The topological polar surface area (TPSA) is 32.3 Å². The zero-order valence-corrected chi connectivity index (χ0v) is 12.5. The Morgan fingerprint density at radius 1 is 1.19 bits per heavy atom. The molecule has 1 unspecified atom stereocenters. The standard InChI is InChI=1S/C18H20N2O/c1-13-6-5-8-15(10-13)20(2)18(21)17-12-19-11-14-7-3-4-9-16(14)17/h3-10,17,19H,11-12H2,1-2H3. The SMILES string of the molecule is Cc1cccc(N(C)C(=O)C2CNCc3ccccc32)c1. The summed E-state index contributed by atoms with van der Waals surface area (Å²) in [5.74, 6) is 0.0284. The quantitative estimate of drug-likeness (QED) is 0.917. The number of nitrogens with one attached hydrogen (secondary N) is 1. The second kappa shape index (κ2) is 5.70. The number of rotatable bonds is 2. The fourth-order valence-electron chi connectivity index (χ4n) is 2.91. The molecule has 0 bridgehead atoms. The third kappa shape index (κ3) is 2.69. The molecule has 0 spiro atoms. The Bertz CT molecular complexity index is 666. The Hall–Kier alpha value is -2.13. The van der Waals surface area contributed by atoms with Crippen LogP contribution in [0.25, 0.3) is 0 Å². The van der Waals surface area contributed by atoms with Crippen LogP contribution in [0.3, 0.4) is 0 Å². The average molecular weight is 280 g/mol. The van der Waals surface area contributed by atoms with Gasteiger partial charge in [0.05, 0.1) is 5.92 Å². The van der Waals surface area contributed by atoms with E-state index in [1.54, 1.807) is 4.90 Å². The van der Waals surface area contributed by atoms with E-state index in [2.05, 4.69) is 17.4 Å². The van der Waals surface area contributed by atoms with Crippen LogP contribution in [0.4, 0.5) is 5.69 Å². The van der Waals surface area contributed by atoms with Gasteiger partial charge in [-0.15, -0.1) is 0 Å². The second-order valence-corrected chi connectivity index (χ2v) is 5.62. The summed E-state index contributed by atoms with van der Waals surface area (Å²) in [5, 5.41) is 3.34. The van der Waals surface area contributed by atoms with Crippen LogP contribution in [0, 0.1) is 6.92 Å². The van der Waals surface area contributed by atoms with Gasteiger partial charge in [0.2, 0.25) is 5.91 Å². The smallest absolute Gasteiger partial charge is 0.235 e. The highest BCUT2D eigenvalue weighted by molar-refractivity contribution is 5.98. The fraction of sp³-hybridized carbons (Fsp3) is 0.278. The van der Waals surface area contributed by atoms with E-state index in [1.165, 1.54) is 5.56 Å². The first kappa shape index (κ1) is 13.8. The van der Waals surface area contributed by atoms with E-state index >= 15 is 0 Å². The van der Waals surface area contributed by atoms with Crippen LogP contribution < -0.4 is 10.2 Å². The van der Waals surface area contributed by atoms with Crippen molar-refractivity contribution >= 4 is 11.6 Å². The lowest BCUT2D eigenvalue weighted by Gasteiger charge is -2.29. The predicted molar refractivity (Wildman–Crippen MR) is 85.5 cm³/mol. The number of hydrogen-bond acceptors (Lipinski definition) is 2. The van der Waals surface area contributed by atoms with Crippen LogP contribution in [0.5, 0.6) is 0 Å². The van der Waals surface area contributed by atoms with Gasteiger partial charge in [0.15, 0.2) is 0 Å². The molecule has 1 N–H and O–H groups in total. The number of fused-ring (bicyclic) bond motifs is 1. The predicted octanol–water partition coefficient (Wildman–Crippen LogP) is 2.84. The van der Waals surface area contributed by atoms with Gasteiger partial charge in [-0.25, -0.2) is 0 Å². The second-order valence-electron chi connectivity index (χ2n) is 5.62. The van der Waals surface area contributed by atoms with E-state index in [0.717, 1.165) is 23.4 Å². The zero-order valence-electron chi connectivity index (χ0n) is 12.5. The van der Waals surface area contributed by atoms with Crippen molar-refractivity contribution in [1.29, 1.82) is 0 Å². The molecule has 1 amide bonds. The Labute approximate surface area is 125 Å². The highest BCUT2D eigenvalue weighted by Gasteiger charge is 2.28. The molecule has 0 saturated heterocycles. The summed E-state index contributed by atoms with van der Waals surface area (Å²) < 4.78 is 0. The van der Waals surface area contributed by atoms with Crippen LogP contribution in [0.1, 0.15) is 22.6 Å². The van der Waals surface area contributed by atoms with E-state index in [4.69, 9.17) is 0 Å². The number of anilines is 1. The largest absolute Gasteiger partial charge is 0.315 e. The third-order valence-electron chi connectivity index (χ3n) is 4.11. The zero-order chi connectivity index (χ0) is 14.8. The molecule has 1 aliphatic heterocycles. The Balaban J connectivity index is 1.89. The van der Waals surface area contributed by atoms with Crippen LogP contribution >= 0.6 is 0 Å². The summed E-state index contributed by atoms with van der Waals surface area (Å²) in [6.07, 6.45) is 0. The lowest BCUT2D eigenvalue weighted by Crippen LogP contribution is -2.40. The molecule has 108 valence electrons. The average Bonchev–Trinajstić information content (AvgIpc) is 2.53. The van der Waals surface area contributed by atoms with Crippen LogP contribution in [-0.4, -0.2) is 19.5 Å². The minimum atomic E-state index is -0.111. The summed E-state index contributed by atoms with van der Waals surface area (Å²) in [6.45, 7) is 3.58. The van der Waals surface area contributed by atoms with Crippen molar-refractivity contribution in [1.82, 2.24) is 5.32 Å². The first-order valence-electron chi connectivity index (χ1n) is 7.29. The number of carbonyl (C=O) groups excluding carboxylic acids is 1. The van der Waals surface area contributed by atoms with E-state index in [9.17, 15) is 4.79 Å². The highest BCUT2D eigenvalue weighted by Crippen LogP contribution is 2.27. The molecule has 3 nitrogen and oxygen atoms in total. The van der Waals surface area contributed by atoms with Gasteiger partial charge in [-0.3, -0.25) is 4.79 Å². The summed E-state index contributed by atoms with van der Waals surface area (Å²) in [4.78, 5) is 14.6. The van der Waals surface area contributed by atoms with Crippen molar-refractivity contribution in [2.75, 3.05) is 18.5 Å². The summed E-state index contributed by atoms with van der Waals surface area (Å²) in [6, 6.07) is 16.2. The first-order chi connectivity index (χ1) is 10.2. The molecular formula is C18H20N2O. The number of likely N-dealkylation sites (N-methyl/N-ethyl adjacent to an activating group) is 1. The maximum Gasteiger partial charge on any atom is 0.235 e. The number of nitrogens with zero attached hydrogens (tertiary/aromatic N) is 1. The Morgan fingerprint density at radius 3 is 2.81 bits per heavy atom. The number of amides is 1. The van der Waals surface area contributed by atoms with Crippen molar-refractivity contribution in [2.45, 2.75) is 19.4 Å². The molecule has 3 heteroatoms. The van der Waals surface area contributed by atoms with Crippen LogP contribution in [0.15, 0.2) is 48.5 Å². The molecule has 0 aromatic heterocycles. The Kier molecular flexibility index (Phi) is 3.76. The van der Waals surface area contributed by atoms with E-state index in [0.29, 0.717) is 6.54 Å². The monoisotopic (exact) mass is 280 g/mol. The van der Waals surface area contributed by atoms with E-state index in [1.807, 2.05) is 50.4 Å². The van der Waals surface area contributed by atoms with Crippen molar-refractivity contribution in [3.63, 3.8) is 0 Å². The van der Waals surface area contributed by atoms with Gasteiger partial charge in [-0.2, -0.15) is 0 Å². The lowest BCUT2D eigenvalue weighted by atomic mass is 9.90. The van der Waals surface area contributed by atoms with Crippen molar-refractivity contribution < 1.29 is 4.79 Å². The highest BCUT2D eigenvalue weighted by atomic mass is 16.2. The minimum absolute atomic E-state index is 0.111. The first-order valence-corrected chi connectivity index (χ1v) is 7.29. The summed E-state index contributed by atoms with van der Waals surface area (Å²) >= 11 is 0.